The number of fused-ring (bicyclic) bond motifs is 1. The highest BCUT2D eigenvalue weighted by atomic mass is 16.7. The Hall–Kier alpha value is -2.58. The molecule has 0 radical (unpaired) electrons. The fourth-order valence-corrected chi connectivity index (χ4v) is 2.53. The highest BCUT2D eigenvalue weighted by Crippen LogP contribution is 2.36. The average Bonchev–Trinajstić information content (AvgIpc) is 3.03. The number of hydrogen-bond acceptors (Lipinski definition) is 5. The van der Waals surface area contributed by atoms with E-state index < -0.39 is 0 Å². The van der Waals surface area contributed by atoms with Crippen LogP contribution in [0.1, 0.15) is 17.5 Å². The average molecular weight is 295 g/mol. The van der Waals surface area contributed by atoms with E-state index in [0.29, 0.717) is 19.5 Å². The minimum absolute atomic E-state index is 0.271. The zero-order valence-electron chi connectivity index (χ0n) is 12.2. The molecular weight excluding hydrogens is 278 g/mol. The lowest BCUT2D eigenvalue weighted by atomic mass is 10.1. The SMILES string of the molecule is N#CCCN(Cc1cccnc1)Cc1cccc2c1OCO2. The second kappa shape index (κ2) is 6.92. The predicted octanol–water partition coefficient (Wildman–Crippen LogP) is 2.73. The molecular formula is C17H17N3O2. The summed E-state index contributed by atoms with van der Waals surface area (Å²) in [6.07, 6.45) is 4.11. The molecule has 1 aromatic carbocycles. The maximum atomic E-state index is 8.87. The first-order valence-electron chi connectivity index (χ1n) is 7.22. The number of para-hydroxylation sites is 1. The van der Waals surface area contributed by atoms with Crippen LogP contribution in [0.4, 0.5) is 0 Å². The van der Waals surface area contributed by atoms with Crippen LogP contribution in [0, 0.1) is 11.3 Å². The molecule has 1 aliphatic heterocycles. The van der Waals surface area contributed by atoms with Crippen LogP contribution >= 0.6 is 0 Å². The number of nitriles is 1. The lowest BCUT2D eigenvalue weighted by Crippen LogP contribution is -2.24. The van der Waals surface area contributed by atoms with E-state index in [-0.39, 0.29) is 6.79 Å². The number of hydrogen-bond donors (Lipinski definition) is 0. The summed E-state index contributed by atoms with van der Waals surface area (Å²) in [4.78, 5) is 6.37. The lowest BCUT2D eigenvalue weighted by Gasteiger charge is -2.21. The van der Waals surface area contributed by atoms with Gasteiger partial charge in [0.1, 0.15) is 0 Å². The molecule has 0 amide bonds. The number of nitrogens with zero attached hydrogens (tertiary/aromatic N) is 3. The molecule has 5 heteroatoms. The van der Waals surface area contributed by atoms with Crippen molar-refractivity contribution < 1.29 is 9.47 Å². The van der Waals surface area contributed by atoms with Gasteiger partial charge in [0.05, 0.1) is 6.07 Å². The summed E-state index contributed by atoms with van der Waals surface area (Å²) >= 11 is 0. The fourth-order valence-electron chi connectivity index (χ4n) is 2.53. The van der Waals surface area contributed by atoms with Crippen LogP contribution < -0.4 is 9.47 Å². The van der Waals surface area contributed by atoms with E-state index in [1.165, 1.54) is 0 Å². The number of benzene rings is 1. The van der Waals surface area contributed by atoms with Crippen molar-refractivity contribution in [3.63, 3.8) is 0 Å². The van der Waals surface area contributed by atoms with Gasteiger partial charge in [-0.15, -0.1) is 0 Å². The molecule has 3 rings (SSSR count). The van der Waals surface area contributed by atoms with Gasteiger partial charge in [-0.05, 0) is 17.7 Å². The Labute approximate surface area is 129 Å². The lowest BCUT2D eigenvalue weighted by molar-refractivity contribution is 0.171. The van der Waals surface area contributed by atoms with Gasteiger partial charge in [0.2, 0.25) is 6.79 Å². The molecule has 5 nitrogen and oxygen atoms in total. The minimum Gasteiger partial charge on any atom is -0.454 e. The van der Waals surface area contributed by atoms with Gasteiger partial charge < -0.3 is 9.47 Å². The summed E-state index contributed by atoms with van der Waals surface area (Å²) in [7, 11) is 0. The first kappa shape index (κ1) is 14.4. The topological polar surface area (TPSA) is 58.4 Å². The van der Waals surface area contributed by atoms with E-state index in [1.807, 2.05) is 36.5 Å². The third kappa shape index (κ3) is 3.35. The largest absolute Gasteiger partial charge is 0.454 e. The summed E-state index contributed by atoms with van der Waals surface area (Å²) in [6, 6.07) is 12.1. The van der Waals surface area contributed by atoms with Crippen LogP contribution in [-0.2, 0) is 13.1 Å². The molecule has 0 saturated heterocycles. The maximum absolute atomic E-state index is 8.87. The Bertz CT molecular complexity index is 667. The molecule has 0 fully saturated rings. The van der Waals surface area contributed by atoms with Gasteiger partial charge in [-0.2, -0.15) is 5.26 Å². The van der Waals surface area contributed by atoms with Gasteiger partial charge in [-0.25, -0.2) is 0 Å². The normalized spacial score (nSPS) is 12.4. The molecule has 0 spiro atoms. The minimum atomic E-state index is 0.271. The van der Waals surface area contributed by atoms with Gasteiger partial charge in [0.25, 0.3) is 0 Å². The van der Waals surface area contributed by atoms with Gasteiger partial charge in [0.15, 0.2) is 11.5 Å². The third-order valence-electron chi connectivity index (χ3n) is 3.54. The fraction of sp³-hybridized carbons (Fsp3) is 0.294. The second-order valence-electron chi connectivity index (χ2n) is 5.13. The zero-order valence-corrected chi connectivity index (χ0v) is 12.2. The van der Waals surface area contributed by atoms with Crippen LogP contribution in [0.2, 0.25) is 0 Å². The van der Waals surface area contributed by atoms with E-state index in [9.17, 15) is 0 Å². The van der Waals surface area contributed by atoms with Crippen LogP contribution in [0.25, 0.3) is 0 Å². The number of aromatic nitrogens is 1. The molecule has 0 bridgehead atoms. The Morgan fingerprint density at radius 3 is 2.95 bits per heavy atom. The number of pyridine rings is 1. The predicted molar refractivity (Wildman–Crippen MR) is 81.1 cm³/mol. The molecule has 1 aromatic heterocycles. The molecule has 0 unspecified atom stereocenters. The Morgan fingerprint density at radius 1 is 1.18 bits per heavy atom. The highest BCUT2D eigenvalue weighted by Gasteiger charge is 2.19. The molecule has 22 heavy (non-hydrogen) atoms. The van der Waals surface area contributed by atoms with Gasteiger partial charge in [-0.1, -0.05) is 18.2 Å². The molecule has 0 atom stereocenters. The molecule has 2 aromatic rings. The van der Waals surface area contributed by atoms with E-state index in [0.717, 1.165) is 29.2 Å². The molecule has 2 heterocycles. The summed E-state index contributed by atoms with van der Waals surface area (Å²) < 4.78 is 11.0. The molecule has 0 aliphatic carbocycles. The molecule has 0 N–H and O–H groups in total. The van der Waals surface area contributed by atoms with Crippen molar-refractivity contribution in [3.8, 4) is 17.6 Å². The molecule has 0 saturated carbocycles. The van der Waals surface area contributed by atoms with Crippen molar-refractivity contribution in [2.75, 3.05) is 13.3 Å². The van der Waals surface area contributed by atoms with Crippen molar-refractivity contribution in [3.05, 3.63) is 53.9 Å². The van der Waals surface area contributed by atoms with E-state index in [2.05, 4.69) is 16.0 Å². The highest BCUT2D eigenvalue weighted by molar-refractivity contribution is 5.48. The standard InChI is InChI=1S/C17H17N3O2/c18-7-3-9-20(11-14-4-2-8-19-10-14)12-15-5-1-6-16-17(15)22-13-21-16/h1-2,4-6,8,10H,3,9,11-13H2. The first-order chi connectivity index (χ1) is 10.9. The number of rotatable bonds is 6. The van der Waals surface area contributed by atoms with Crippen LogP contribution in [0.5, 0.6) is 11.5 Å². The smallest absolute Gasteiger partial charge is 0.231 e. The summed E-state index contributed by atoms with van der Waals surface area (Å²) in [5.74, 6) is 1.61. The summed E-state index contributed by atoms with van der Waals surface area (Å²) in [6.45, 7) is 2.44. The van der Waals surface area contributed by atoms with Gasteiger partial charge >= 0.3 is 0 Å². The van der Waals surface area contributed by atoms with Crippen molar-refractivity contribution >= 4 is 0 Å². The van der Waals surface area contributed by atoms with Gasteiger partial charge in [-0.3, -0.25) is 9.88 Å². The van der Waals surface area contributed by atoms with E-state index in [1.54, 1.807) is 6.20 Å². The summed E-state index contributed by atoms with van der Waals surface area (Å²) in [5, 5.41) is 8.87. The van der Waals surface area contributed by atoms with Crippen LogP contribution in [-0.4, -0.2) is 23.2 Å². The first-order valence-corrected chi connectivity index (χ1v) is 7.22. The maximum Gasteiger partial charge on any atom is 0.231 e. The van der Waals surface area contributed by atoms with E-state index >= 15 is 0 Å². The van der Waals surface area contributed by atoms with Crippen LogP contribution in [0.3, 0.4) is 0 Å². The van der Waals surface area contributed by atoms with E-state index in [4.69, 9.17) is 14.7 Å². The number of ether oxygens (including phenoxy) is 2. The zero-order chi connectivity index (χ0) is 15.2. The molecule has 112 valence electrons. The van der Waals surface area contributed by atoms with Gasteiger partial charge in [0, 0.05) is 44.0 Å². The monoisotopic (exact) mass is 295 g/mol. The third-order valence-corrected chi connectivity index (χ3v) is 3.54. The van der Waals surface area contributed by atoms with Crippen molar-refractivity contribution in [2.45, 2.75) is 19.5 Å². The van der Waals surface area contributed by atoms with Crippen molar-refractivity contribution in [1.82, 2.24) is 9.88 Å². The van der Waals surface area contributed by atoms with Crippen LogP contribution in [0.15, 0.2) is 42.7 Å². The van der Waals surface area contributed by atoms with Crippen molar-refractivity contribution in [1.29, 1.82) is 5.26 Å². The summed E-state index contributed by atoms with van der Waals surface area (Å²) in [5.41, 5.74) is 2.21. The van der Waals surface area contributed by atoms with Crippen molar-refractivity contribution in [2.24, 2.45) is 0 Å². The quantitative estimate of drug-likeness (QED) is 0.820. The molecule has 1 aliphatic rings. The second-order valence-corrected chi connectivity index (χ2v) is 5.13. The Morgan fingerprint density at radius 2 is 2.14 bits per heavy atom. The Balaban J connectivity index is 1.76. The Kier molecular flexibility index (Phi) is 4.52.